The normalized spacial score (nSPS) is 10.8. The first-order valence-electron chi connectivity index (χ1n) is 5.88. The number of carboxylic acid groups (broad SMARTS) is 1. The van der Waals surface area contributed by atoms with Gasteiger partial charge in [0.25, 0.3) is 0 Å². The Morgan fingerprint density at radius 2 is 2.10 bits per heavy atom. The molecule has 0 aliphatic carbocycles. The molecule has 2 heterocycles. The number of hydrogen-bond donors (Lipinski definition) is 1. The number of fused-ring (bicyclic) bond motifs is 1. The first kappa shape index (κ1) is 12.6. The van der Waals surface area contributed by atoms with Crippen LogP contribution in [0.2, 0.25) is 0 Å². The largest absolute Gasteiger partial charge is 0.476 e. The molecule has 0 aliphatic heterocycles. The minimum atomic E-state index is -1.32. The number of carboxylic acids is 1. The number of hydrogen-bond acceptors (Lipinski definition) is 4. The Bertz CT molecular complexity index is 880. The van der Waals surface area contributed by atoms with Crippen molar-refractivity contribution in [3.8, 4) is 5.69 Å². The molecule has 0 unspecified atom stereocenters. The Labute approximate surface area is 117 Å². The summed E-state index contributed by atoms with van der Waals surface area (Å²) >= 11 is 1.63. The molecule has 3 rings (SSSR count). The average Bonchev–Trinajstić information content (AvgIpc) is 2.85. The fraction of sp³-hybridized carbons (Fsp3) is 0.0714. The summed E-state index contributed by atoms with van der Waals surface area (Å²) in [6.07, 6.45) is 0. The fourth-order valence-electron chi connectivity index (χ4n) is 2.04. The van der Waals surface area contributed by atoms with Gasteiger partial charge in [0.2, 0.25) is 11.1 Å². The van der Waals surface area contributed by atoms with E-state index in [0.29, 0.717) is 5.69 Å². The molecule has 2 aromatic heterocycles. The van der Waals surface area contributed by atoms with Crippen LogP contribution in [0, 0.1) is 6.92 Å². The van der Waals surface area contributed by atoms with Crippen LogP contribution in [-0.4, -0.2) is 20.9 Å². The van der Waals surface area contributed by atoms with Crippen LogP contribution in [0.4, 0.5) is 0 Å². The lowest BCUT2D eigenvalue weighted by molar-refractivity contribution is 0.0686. The molecule has 0 saturated carbocycles. The maximum atomic E-state index is 11.6. The zero-order valence-electron chi connectivity index (χ0n) is 10.5. The molecule has 100 valence electrons. The van der Waals surface area contributed by atoms with Gasteiger partial charge in [-0.15, -0.1) is 11.3 Å². The molecule has 0 aliphatic rings. The Balaban J connectivity index is 2.24. The minimum absolute atomic E-state index is 0.471. The molecular weight excluding hydrogens is 276 g/mol. The van der Waals surface area contributed by atoms with Gasteiger partial charge in [0.05, 0.1) is 5.69 Å². The van der Waals surface area contributed by atoms with Crippen molar-refractivity contribution >= 4 is 27.4 Å². The maximum absolute atomic E-state index is 11.6. The fourth-order valence-corrected chi connectivity index (χ4v) is 2.81. The summed E-state index contributed by atoms with van der Waals surface area (Å²) < 4.78 is 2.62. The van der Waals surface area contributed by atoms with E-state index in [1.165, 1.54) is 10.7 Å². The molecular formula is C14H10N2O3S. The highest BCUT2D eigenvalue weighted by molar-refractivity contribution is 7.17. The molecule has 3 aromatic rings. The van der Waals surface area contributed by atoms with Crippen LogP contribution < -0.4 is 5.43 Å². The summed E-state index contributed by atoms with van der Waals surface area (Å²) in [6, 6.07) is 9.00. The van der Waals surface area contributed by atoms with Gasteiger partial charge < -0.3 is 5.11 Å². The standard InChI is InChI=1S/C14H10N2O3S/c1-8-6-11(17)13(14(18)19)15-16(8)10-2-3-12-9(7-10)4-5-20-12/h2-7H,1H3,(H,18,19). The summed E-state index contributed by atoms with van der Waals surface area (Å²) in [5, 5.41) is 16.0. The number of nitrogens with zero attached hydrogens (tertiary/aromatic N) is 2. The second kappa shape index (κ2) is 4.57. The van der Waals surface area contributed by atoms with E-state index >= 15 is 0 Å². The topological polar surface area (TPSA) is 72.2 Å². The van der Waals surface area contributed by atoms with Crippen molar-refractivity contribution in [2.45, 2.75) is 6.92 Å². The van der Waals surface area contributed by atoms with Gasteiger partial charge >= 0.3 is 5.97 Å². The zero-order chi connectivity index (χ0) is 14.3. The maximum Gasteiger partial charge on any atom is 0.360 e. The lowest BCUT2D eigenvalue weighted by atomic mass is 10.2. The van der Waals surface area contributed by atoms with Crippen LogP contribution >= 0.6 is 11.3 Å². The Morgan fingerprint density at radius 3 is 2.85 bits per heavy atom. The van der Waals surface area contributed by atoms with Crippen molar-refractivity contribution in [3.63, 3.8) is 0 Å². The van der Waals surface area contributed by atoms with Crippen LogP contribution in [0.1, 0.15) is 16.2 Å². The second-order valence-corrected chi connectivity index (χ2v) is 5.31. The van der Waals surface area contributed by atoms with E-state index in [1.54, 1.807) is 18.3 Å². The van der Waals surface area contributed by atoms with Gasteiger partial charge in [-0.2, -0.15) is 5.10 Å². The lowest BCUT2D eigenvalue weighted by Crippen LogP contribution is -2.22. The van der Waals surface area contributed by atoms with Crippen molar-refractivity contribution in [3.05, 3.63) is 57.3 Å². The van der Waals surface area contributed by atoms with Crippen LogP contribution in [0.25, 0.3) is 15.8 Å². The number of aryl methyl sites for hydroxylation is 1. The number of benzene rings is 1. The molecule has 20 heavy (non-hydrogen) atoms. The predicted octanol–water partition coefficient (Wildman–Crippen LogP) is 2.45. The quantitative estimate of drug-likeness (QED) is 0.785. The van der Waals surface area contributed by atoms with Gasteiger partial charge in [-0.05, 0) is 42.0 Å². The van der Waals surface area contributed by atoms with E-state index in [0.717, 1.165) is 15.8 Å². The molecule has 1 aromatic carbocycles. The van der Waals surface area contributed by atoms with Crippen LogP contribution in [0.3, 0.4) is 0 Å². The van der Waals surface area contributed by atoms with Crippen molar-refractivity contribution in [2.24, 2.45) is 0 Å². The molecule has 1 N–H and O–H groups in total. The predicted molar refractivity (Wildman–Crippen MR) is 76.9 cm³/mol. The number of carbonyl (C=O) groups is 1. The zero-order valence-corrected chi connectivity index (χ0v) is 11.3. The van der Waals surface area contributed by atoms with E-state index < -0.39 is 17.1 Å². The summed E-state index contributed by atoms with van der Waals surface area (Å²) in [5.74, 6) is -1.32. The minimum Gasteiger partial charge on any atom is -0.476 e. The molecule has 0 fully saturated rings. The summed E-state index contributed by atoms with van der Waals surface area (Å²) in [7, 11) is 0. The molecule has 5 nitrogen and oxygen atoms in total. The van der Waals surface area contributed by atoms with Gasteiger partial charge in [0, 0.05) is 16.5 Å². The Hall–Kier alpha value is -2.47. The van der Waals surface area contributed by atoms with E-state index in [9.17, 15) is 9.59 Å². The smallest absolute Gasteiger partial charge is 0.360 e. The highest BCUT2D eigenvalue weighted by Crippen LogP contribution is 2.23. The monoisotopic (exact) mass is 286 g/mol. The first-order valence-corrected chi connectivity index (χ1v) is 6.76. The Kier molecular flexibility index (Phi) is 2.87. The summed E-state index contributed by atoms with van der Waals surface area (Å²) in [4.78, 5) is 22.6. The van der Waals surface area contributed by atoms with Gasteiger partial charge in [-0.25, -0.2) is 9.48 Å². The van der Waals surface area contributed by atoms with Gasteiger partial charge in [-0.1, -0.05) is 0 Å². The van der Waals surface area contributed by atoms with E-state index in [1.807, 2.05) is 29.6 Å². The molecule has 0 atom stereocenters. The lowest BCUT2D eigenvalue weighted by Gasteiger charge is -2.10. The number of aromatic carboxylic acids is 1. The SMILES string of the molecule is Cc1cc(=O)c(C(=O)O)nn1-c1ccc2sccc2c1. The highest BCUT2D eigenvalue weighted by atomic mass is 32.1. The number of aromatic nitrogens is 2. The van der Waals surface area contributed by atoms with Crippen molar-refractivity contribution in [2.75, 3.05) is 0 Å². The third-order valence-corrected chi connectivity index (χ3v) is 3.89. The van der Waals surface area contributed by atoms with Crippen LogP contribution in [0.5, 0.6) is 0 Å². The Morgan fingerprint density at radius 1 is 1.30 bits per heavy atom. The summed E-state index contributed by atoms with van der Waals surface area (Å²) in [6.45, 7) is 1.72. The first-order chi connectivity index (χ1) is 9.56. The molecule has 6 heteroatoms. The molecule has 0 saturated heterocycles. The highest BCUT2D eigenvalue weighted by Gasteiger charge is 2.13. The molecule has 0 amide bonds. The van der Waals surface area contributed by atoms with Crippen molar-refractivity contribution < 1.29 is 9.90 Å². The second-order valence-electron chi connectivity index (χ2n) is 4.36. The van der Waals surface area contributed by atoms with E-state index in [2.05, 4.69) is 5.10 Å². The van der Waals surface area contributed by atoms with E-state index in [4.69, 9.17) is 5.11 Å². The molecule has 0 radical (unpaired) electrons. The van der Waals surface area contributed by atoms with E-state index in [-0.39, 0.29) is 0 Å². The average molecular weight is 286 g/mol. The van der Waals surface area contributed by atoms with Crippen LogP contribution in [0.15, 0.2) is 40.5 Å². The third-order valence-electron chi connectivity index (χ3n) is 2.99. The van der Waals surface area contributed by atoms with Crippen LogP contribution in [-0.2, 0) is 0 Å². The van der Waals surface area contributed by atoms with Crippen molar-refractivity contribution in [1.82, 2.24) is 9.78 Å². The third kappa shape index (κ3) is 2.00. The van der Waals surface area contributed by atoms with Gasteiger partial charge in [0.1, 0.15) is 0 Å². The molecule has 0 spiro atoms. The number of thiophene rings is 1. The summed E-state index contributed by atoms with van der Waals surface area (Å²) in [5.41, 5.74) is 0.273. The number of rotatable bonds is 2. The van der Waals surface area contributed by atoms with Gasteiger partial charge in [0.15, 0.2) is 0 Å². The van der Waals surface area contributed by atoms with Crippen molar-refractivity contribution in [1.29, 1.82) is 0 Å². The molecule has 0 bridgehead atoms. The van der Waals surface area contributed by atoms with Gasteiger partial charge in [-0.3, -0.25) is 4.79 Å².